The van der Waals surface area contributed by atoms with Crippen LogP contribution in [-0.2, 0) is 5.75 Å². The molecule has 1 fully saturated rings. The van der Waals surface area contributed by atoms with Crippen LogP contribution < -0.4 is 5.32 Å². The Morgan fingerprint density at radius 3 is 2.96 bits per heavy atom. The van der Waals surface area contributed by atoms with Gasteiger partial charge in [0.1, 0.15) is 5.76 Å². The third kappa shape index (κ3) is 4.67. The van der Waals surface area contributed by atoms with E-state index in [1.165, 1.54) is 17.5 Å². The summed E-state index contributed by atoms with van der Waals surface area (Å²) in [5.74, 6) is 2.53. The van der Waals surface area contributed by atoms with Gasteiger partial charge in [0.15, 0.2) is 5.76 Å². The second kappa shape index (κ2) is 8.59. The fourth-order valence-electron chi connectivity index (χ4n) is 3.47. The number of hydrogen-bond acceptors (Lipinski definition) is 4. The SMILES string of the molecule is CSCc1ccc(C(=O)NCCN2CC[C@H](c3ccccc3C)C2)o1. The monoisotopic (exact) mass is 358 g/mol. The fourth-order valence-corrected chi connectivity index (χ4v) is 3.91. The van der Waals surface area contributed by atoms with Gasteiger partial charge >= 0.3 is 0 Å². The van der Waals surface area contributed by atoms with Crippen molar-refractivity contribution in [2.75, 3.05) is 32.4 Å². The number of rotatable bonds is 7. The molecule has 3 rings (SSSR count). The van der Waals surface area contributed by atoms with E-state index in [-0.39, 0.29) is 5.91 Å². The zero-order valence-corrected chi connectivity index (χ0v) is 15.8. The van der Waals surface area contributed by atoms with Crippen LogP contribution in [0.5, 0.6) is 0 Å². The molecule has 0 spiro atoms. The molecule has 1 aliphatic heterocycles. The van der Waals surface area contributed by atoms with Gasteiger partial charge in [0, 0.05) is 19.6 Å². The maximum absolute atomic E-state index is 12.1. The molecule has 5 heteroatoms. The number of benzene rings is 1. The van der Waals surface area contributed by atoms with E-state index in [2.05, 4.69) is 41.4 Å². The third-order valence-corrected chi connectivity index (χ3v) is 5.36. The van der Waals surface area contributed by atoms with Crippen LogP contribution >= 0.6 is 11.8 Å². The largest absolute Gasteiger partial charge is 0.455 e. The Balaban J connectivity index is 1.43. The van der Waals surface area contributed by atoms with Crippen LogP contribution in [0.25, 0.3) is 0 Å². The Labute approximate surface area is 154 Å². The van der Waals surface area contributed by atoms with E-state index in [4.69, 9.17) is 4.42 Å². The molecule has 2 aromatic rings. The van der Waals surface area contributed by atoms with Gasteiger partial charge in [0.2, 0.25) is 0 Å². The number of hydrogen-bond donors (Lipinski definition) is 1. The highest BCUT2D eigenvalue weighted by Gasteiger charge is 2.24. The number of nitrogens with one attached hydrogen (secondary N) is 1. The van der Waals surface area contributed by atoms with Crippen molar-refractivity contribution < 1.29 is 9.21 Å². The van der Waals surface area contributed by atoms with E-state index in [9.17, 15) is 4.79 Å². The predicted molar refractivity (Wildman–Crippen MR) is 103 cm³/mol. The Hall–Kier alpha value is -1.72. The minimum Gasteiger partial charge on any atom is -0.455 e. The number of thioether (sulfide) groups is 1. The van der Waals surface area contributed by atoms with E-state index in [0.29, 0.717) is 18.2 Å². The smallest absolute Gasteiger partial charge is 0.287 e. The van der Waals surface area contributed by atoms with Gasteiger partial charge in [-0.05, 0) is 55.3 Å². The number of carbonyl (C=O) groups is 1. The van der Waals surface area contributed by atoms with Crippen molar-refractivity contribution in [2.24, 2.45) is 0 Å². The molecule has 2 heterocycles. The van der Waals surface area contributed by atoms with E-state index in [1.54, 1.807) is 17.8 Å². The molecule has 4 nitrogen and oxygen atoms in total. The summed E-state index contributed by atoms with van der Waals surface area (Å²) in [5.41, 5.74) is 2.84. The molecule has 1 N–H and O–H groups in total. The first kappa shape index (κ1) is 18.1. The van der Waals surface area contributed by atoms with Crippen molar-refractivity contribution in [1.29, 1.82) is 0 Å². The third-order valence-electron chi connectivity index (χ3n) is 4.79. The number of furan rings is 1. The topological polar surface area (TPSA) is 45.5 Å². The summed E-state index contributed by atoms with van der Waals surface area (Å²) < 4.78 is 5.55. The predicted octanol–water partition coefficient (Wildman–Crippen LogP) is 3.67. The average molecular weight is 359 g/mol. The summed E-state index contributed by atoms with van der Waals surface area (Å²) in [5, 5.41) is 2.97. The molecule has 0 saturated carbocycles. The molecule has 1 atom stereocenters. The maximum Gasteiger partial charge on any atom is 0.287 e. The molecule has 0 bridgehead atoms. The number of aryl methyl sites for hydroxylation is 1. The summed E-state index contributed by atoms with van der Waals surface area (Å²) in [6, 6.07) is 12.3. The number of nitrogens with zero attached hydrogens (tertiary/aromatic N) is 1. The maximum atomic E-state index is 12.1. The zero-order chi connectivity index (χ0) is 17.6. The summed E-state index contributed by atoms with van der Waals surface area (Å²) in [6.45, 7) is 5.88. The number of likely N-dealkylation sites (tertiary alicyclic amines) is 1. The zero-order valence-electron chi connectivity index (χ0n) is 15.0. The second-order valence-electron chi connectivity index (χ2n) is 6.60. The van der Waals surface area contributed by atoms with Crippen LogP contribution in [0, 0.1) is 6.92 Å². The molecule has 0 radical (unpaired) electrons. The van der Waals surface area contributed by atoms with Crippen molar-refractivity contribution in [2.45, 2.75) is 25.0 Å². The first-order valence-electron chi connectivity index (χ1n) is 8.81. The quantitative estimate of drug-likeness (QED) is 0.820. The first-order chi connectivity index (χ1) is 12.2. The molecule has 1 aromatic carbocycles. The summed E-state index contributed by atoms with van der Waals surface area (Å²) in [6.07, 6.45) is 3.21. The van der Waals surface area contributed by atoms with Crippen molar-refractivity contribution in [3.8, 4) is 0 Å². The van der Waals surface area contributed by atoms with Gasteiger partial charge < -0.3 is 14.6 Å². The molecular weight excluding hydrogens is 332 g/mol. The molecule has 1 amide bonds. The lowest BCUT2D eigenvalue weighted by molar-refractivity contribution is 0.0920. The van der Waals surface area contributed by atoms with Crippen LogP contribution in [0.3, 0.4) is 0 Å². The molecular formula is C20H26N2O2S. The van der Waals surface area contributed by atoms with Crippen molar-refractivity contribution in [1.82, 2.24) is 10.2 Å². The van der Waals surface area contributed by atoms with Gasteiger partial charge in [-0.1, -0.05) is 24.3 Å². The van der Waals surface area contributed by atoms with Gasteiger partial charge in [-0.15, -0.1) is 0 Å². The normalized spacial score (nSPS) is 17.8. The molecule has 1 aromatic heterocycles. The van der Waals surface area contributed by atoms with Crippen molar-refractivity contribution in [3.05, 3.63) is 59.0 Å². The van der Waals surface area contributed by atoms with E-state index in [1.807, 2.05) is 12.3 Å². The Morgan fingerprint density at radius 1 is 1.32 bits per heavy atom. The Bertz CT molecular complexity index is 713. The average Bonchev–Trinajstić information content (AvgIpc) is 3.25. The number of carbonyl (C=O) groups excluding carboxylic acids is 1. The van der Waals surface area contributed by atoms with Crippen LogP contribution in [0.2, 0.25) is 0 Å². The lowest BCUT2D eigenvalue weighted by Crippen LogP contribution is -2.33. The minimum absolute atomic E-state index is 0.123. The summed E-state index contributed by atoms with van der Waals surface area (Å²) in [4.78, 5) is 14.6. The molecule has 0 unspecified atom stereocenters. The lowest BCUT2D eigenvalue weighted by atomic mass is 9.94. The van der Waals surface area contributed by atoms with E-state index in [0.717, 1.165) is 31.1 Å². The highest BCUT2D eigenvalue weighted by molar-refractivity contribution is 7.97. The minimum atomic E-state index is -0.123. The standard InChI is InChI=1S/C20H26N2O2S/c1-15-5-3-4-6-18(15)16-9-11-22(13-16)12-10-21-20(23)19-8-7-17(24-19)14-25-2/h3-8,16H,9-14H2,1-2H3,(H,21,23)/t16-/m0/s1. The van der Waals surface area contributed by atoms with Gasteiger partial charge in [0.05, 0.1) is 5.75 Å². The summed E-state index contributed by atoms with van der Waals surface area (Å²) in [7, 11) is 0. The molecule has 25 heavy (non-hydrogen) atoms. The summed E-state index contributed by atoms with van der Waals surface area (Å²) >= 11 is 1.68. The molecule has 0 aliphatic carbocycles. The van der Waals surface area contributed by atoms with Crippen LogP contribution in [-0.4, -0.2) is 43.2 Å². The Morgan fingerprint density at radius 2 is 2.16 bits per heavy atom. The molecule has 134 valence electrons. The van der Waals surface area contributed by atoms with Crippen LogP contribution in [0.4, 0.5) is 0 Å². The van der Waals surface area contributed by atoms with Crippen LogP contribution in [0.15, 0.2) is 40.8 Å². The highest BCUT2D eigenvalue weighted by Crippen LogP contribution is 2.28. The molecule has 1 saturated heterocycles. The fraction of sp³-hybridized carbons (Fsp3) is 0.450. The number of amides is 1. The second-order valence-corrected chi connectivity index (χ2v) is 7.46. The van der Waals surface area contributed by atoms with Gasteiger partial charge in [-0.25, -0.2) is 0 Å². The highest BCUT2D eigenvalue weighted by atomic mass is 32.2. The van der Waals surface area contributed by atoms with Crippen LogP contribution in [0.1, 0.15) is 39.8 Å². The lowest BCUT2D eigenvalue weighted by Gasteiger charge is -2.17. The van der Waals surface area contributed by atoms with Gasteiger partial charge in [-0.3, -0.25) is 4.79 Å². The first-order valence-corrected chi connectivity index (χ1v) is 10.2. The van der Waals surface area contributed by atoms with E-state index >= 15 is 0 Å². The van der Waals surface area contributed by atoms with Gasteiger partial charge in [0.25, 0.3) is 5.91 Å². The Kier molecular flexibility index (Phi) is 6.21. The van der Waals surface area contributed by atoms with Crippen molar-refractivity contribution >= 4 is 17.7 Å². The van der Waals surface area contributed by atoms with E-state index < -0.39 is 0 Å². The van der Waals surface area contributed by atoms with Crippen molar-refractivity contribution in [3.63, 3.8) is 0 Å². The molecule has 1 aliphatic rings. The van der Waals surface area contributed by atoms with Gasteiger partial charge in [-0.2, -0.15) is 11.8 Å².